The van der Waals surface area contributed by atoms with Crippen LogP contribution in [0.5, 0.6) is 0 Å². The van der Waals surface area contributed by atoms with E-state index in [0.717, 1.165) is 5.56 Å². The van der Waals surface area contributed by atoms with Gasteiger partial charge in [-0.05, 0) is 52.3 Å². The number of benzene rings is 2. The van der Waals surface area contributed by atoms with E-state index in [1.54, 1.807) is 47.4 Å². The molecule has 0 amide bonds. The summed E-state index contributed by atoms with van der Waals surface area (Å²) < 4.78 is 42.4. The second-order valence-corrected chi connectivity index (χ2v) is 8.73. The van der Waals surface area contributed by atoms with Crippen molar-refractivity contribution in [1.29, 1.82) is 0 Å². The number of halogens is 2. The molecule has 2 heterocycles. The molecular formula is C23H25BF2N2O2. The summed E-state index contributed by atoms with van der Waals surface area (Å²) in [6.45, 7) is 9.72. The van der Waals surface area contributed by atoms with Gasteiger partial charge in [0.25, 0.3) is 0 Å². The summed E-state index contributed by atoms with van der Waals surface area (Å²) in [7, 11) is -0.775. The summed E-state index contributed by atoms with van der Waals surface area (Å²) in [5.74, 6) is -0.668. The van der Waals surface area contributed by atoms with Crippen LogP contribution in [0.15, 0.2) is 54.9 Å². The van der Waals surface area contributed by atoms with Crippen molar-refractivity contribution in [3.05, 3.63) is 72.1 Å². The van der Waals surface area contributed by atoms with Crippen molar-refractivity contribution in [2.75, 3.05) is 0 Å². The molecule has 7 heteroatoms. The summed E-state index contributed by atoms with van der Waals surface area (Å²) in [4.78, 5) is 0. The third-order valence-electron chi connectivity index (χ3n) is 6.20. The molecule has 1 aliphatic rings. The highest BCUT2D eigenvalue weighted by molar-refractivity contribution is 6.62. The van der Waals surface area contributed by atoms with E-state index in [1.165, 1.54) is 12.1 Å². The van der Waals surface area contributed by atoms with E-state index in [0.29, 0.717) is 16.6 Å². The number of rotatable bonds is 4. The van der Waals surface area contributed by atoms with E-state index in [4.69, 9.17) is 9.31 Å². The van der Waals surface area contributed by atoms with Crippen LogP contribution in [0.25, 0.3) is 11.1 Å². The van der Waals surface area contributed by atoms with E-state index < -0.39 is 18.3 Å². The molecule has 2 aromatic carbocycles. The van der Waals surface area contributed by atoms with Crippen molar-refractivity contribution in [1.82, 2.24) is 9.78 Å². The number of aromatic nitrogens is 2. The predicted octanol–water partition coefficient (Wildman–Crippen LogP) is 4.74. The highest BCUT2D eigenvalue weighted by atomic mass is 19.1. The van der Waals surface area contributed by atoms with Crippen molar-refractivity contribution in [3.8, 4) is 11.1 Å². The Labute approximate surface area is 176 Å². The van der Waals surface area contributed by atoms with Crippen LogP contribution in [0.2, 0.25) is 0 Å². The molecule has 1 atom stereocenters. The molecule has 1 fully saturated rings. The molecule has 1 aromatic heterocycles. The second kappa shape index (κ2) is 7.32. The fourth-order valence-electron chi connectivity index (χ4n) is 3.51. The number of nitrogens with zero attached hydrogens (tertiary/aromatic N) is 2. The average molecular weight is 410 g/mol. The van der Waals surface area contributed by atoms with Gasteiger partial charge in [0.2, 0.25) is 0 Å². The third-order valence-corrected chi connectivity index (χ3v) is 6.20. The van der Waals surface area contributed by atoms with E-state index in [-0.39, 0.29) is 17.7 Å². The first-order chi connectivity index (χ1) is 14.1. The fourth-order valence-corrected chi connectivity index (χ4v) is 3.51. The smallest absolute Gasteiger partial charge is 0.399 e. The van der Waals surface area contributed by atoms with Crippen molar-refractivity contribution in [2.45, 2.75) is 51.9 Å². The van der Waals surface area contributed by atoms with Crippen LogP contribution in [-0.4, -0.2) is 28.1 Å². The first kappa shape index (κ1) is 20.8. The Balaban J connectivity index is 1.63. The zero-order chi connectivity index (χ0) is 21.7. The maximum Gasteiger partial charge on any atom is 0.497 e. The van der Waals surface area contributed by atoms with Gasteiger partial charge in [-0.25, -0.2) is 8.78 Å². The van der Waals surface area contributed by atoms with Crippen LogP contribution in [0, 0.1) is 11.6 Å². The molecule has 30 heavy (non-hydrogen) atoms. The Hall–Kier alpha value is -2.51. The molecule has 156 valence electrons. The molecule has 0 bridgehead atoms. The van der Waals surface area contributed by atoms with Gasteiger partial charge in [-0.2, -0.15) is 5.10 Å². The monoisotopic (exact) mass is 410 g/mol. The molecule has 0 saturated carbocycles. The van der Waals surface area contributed by atoms with Crippen molar-refractivity contribution in [2.24, 2.45) is 0 Å². The summed E-state index contributed by atoms with van der Waals surface area (Å²) in [5.41, 5.74) is 1.27. The second-order valence-electron chi connectivity index (χ2n) is 8.73. The van der Waals surface area contributed by atoms with Crippen LogP contribution >= 0.6 is 0 Å². The minimum absolute atomic E-state index is 0.117. The van der Waals surface area contributed by atoms with Crippen LogP contribution in [0.3, 0.4) is 0 Å². The highest BCUT2D eigenvalue weighted by Crippen LogP contribution is 2.37. The Morgan fingerprint density at radius 2 is 1.60 bits per heavy atom. The summed E-state index contributed by atoms with van der Waals surface area (Å²) >= 11 is 0. The third kappa shape index (κ3) is 3.57. The van der Waals surface area contributed by atoms with Crippen LogP contribution in [-0.2, 0) is 9.31 Å². The van der Waals surface area contributed by atoms with E-state index in [2.05, 4.69) is 5.10 Å². The van der Waals surface area contributed by atoms with Crippen molar-refractivity contribution < 1.29 is 18.1 Å². The maximum atomic E-state index is 15.5. The first-order valence-electron chi connectivity index (χ1n) is 10.0. The lowest BCUT2D eigenvalue weighted by atomic mass is 9.77. The van der Waals surface area contributed by atoms with Gasteiger partial charge in [-0.3, -0.25) is 4.68 Å². The Kier molecular flexibility index (Phi) is 5.07. The van der Waals surface area contributed by atoms with Gasteiger partial charge in [0.05, 0.1) is 23.4 Å². The van der Waals surface area contributed by atoms with Crippen molar-refractivity contribution in [3.63, 3.8) is 0 Å². The predicted molar refractivity (Wildman–Crippen MR) is 114 cm³/mol. The lowest BCUT2D eigenvalue weighted by molar-refractivity contribution is 0.00578. The van der Waals surface area contributed by atoms with E-state index in [9.17, 15) is 4.39 Å². The molecule has 4 rings (SSSR count). The van der Waals surface area contributed by atoms with Crippen LogP contribution < -0.4 is 5.46 Å². The van der Waals surface area contributed by atoms with Crippen molar-refractivity contribution >= 4 is 12.6 Å². The molecule has 1 aliphatic heterocycles. The molecular weight excluding hydrogens is 385 g/mol. The molecule has 0 N–H and O–H groups in total. The van der Waals surface area contributed by atoms with Gasteiger partial charge in [0, 0.05) is 22.8 Å². The van der Waals surface area contributed by atoms with E-state index in [1.807, 2.05) is 34.6 Å². The highest BCUT2D eigenvalue weighted by Gasteiger charge is 2.52. The van der Waals surface area contributed by atoms with Gasteiger partial charge in [0.1, 0.15) is 11.6 Å². The van der Waals surface area contributed by atoms with E-state index >= 15 is 4.39 Å². The minimum atomic E-state index is -0.775. The van der Waals surface area contributed by atoms with Gasteiger partial charge in [-0.1, -0.05) is 30.3 Å². The normalized spacial score (nSPS) is 18.6. The molecule has 0 unspecified atom stereocenters. The van der Waals surface area contributed by atoms with Gasteiger partial charge in [0.15, 0.2) is 0 Å². The summed E-state index contributed by atoms with van der Waals surface area (Å²) in [5, 5.41) is 4.40. The molecule has 1 saturated heterocycles. The summed E-state index contributed by atoms with van der Waals surface area (Å²) in [6, 6.07) is 11.4. The zero-order valence-electron chi connectivity index (χ0n) is 17.8. The topological polar surface area (TPSA) is 36.3 Å². The molecule has 4 nitrogen and oxygen atoms in total. The van der Waals surface area contributed by atoms with Crippen LogP contribution in [0.1, 0.15) is 46.2 Å². The number of hydrogen-bond acceptors (Lipinski definition) is 3. The van der Waals surface area contributed by atoms with Gasteiger partial charge >= 0.3 is 7.12 Å². The Morgan fingerprint density at radius 3 is 2.23 bits per heavy atom. The molecule has 0 spiro atoms. The van der Waals surface area contributed by atoms with Crippen LogP contribution in [0.4, 0.5) is 8.78 Å². The zero-order valence-corrected chi connectivity index (χ0v) is 17.8. The lowest BCUT2D eigenvalue weighted by Crippen LogP contribution is -2.41. The quantitative estimate of drug-likeness (QED) is 0.584. The number of hydrogen-bond donors (Lipinski definition) is 0. The Morgan fingerprint density at radius 1 is 0.967 bits per heavy atom. The standard InChI is InChI=1S/C23H25BF2N2O2/c1-15(16-9-11-18(25)12-10-16)28-14-17(13-27-28)19-7-6-8-20(21(19)26)24-29-22(2,3)23(4,5)30-24/h6-15H,1-5H3/t15-/m1/s1. The fraction of sp³-hybridized carbons (Fsp3) is 0.348. The largest absolute Gasteiger partial charge is 0.497 e. The SMILES string of the molecule is C[C@H](c1ccc(F)cc1)n1cc(-c2cccc(B3OC(C)(C)C(C)(C)O3)c2F)cn1. The lowest BCUT2D eigenvalue weighted by Gasteiger charge is -2.32. The Bertz CT molecular complexity index is 1050. The average Bonchev–Trinajstić information content (AvgIpc) is 3.24. The molecule has 0 radical (unpaired) electrons. The molecule has 0 aliphatic carbocycles. The molecule has 3 aromatic rings. The maximum absolute atomic E-state index is 15.5. The van der Waals surface area contributed by atoms with Gasteiger partial charge < -0.3 is 9.31 Å². The summed E-state index contributed by atoms with van der Waals surface area (Å²) in [6.07, 6.45) is 3.42. The minimum Gasteiger partial charge on any atom is -0.399 e. The first-order valence-corrected chi connectivity index (χ1v) is 10.0. The van der Waals surface area contributed by atoms with Gasteiger partial charge in [-0.15, -0.1) is 0 Å².